The van der Waals surface area contributed by atoms with Crippen molar-refractivity contribution in [1.82, 2.24) is 4.98 Å². The fourth-order valence-electron chi connectivity index (χ4n) is 2.19. The van der Waals surface area contributed by atoms with E-state index in [0.29, 0.717) is 17.5 Å². The van der Waals surface area contributed by atoms with Crippen LogP contribution in [-0.4, -0.2) is 28.6 Å². The molecule has 0 bridgehead atoms. The average Bonchev–Trinajstić information content (AvgIpc) is 2.35. The summed E-state index contributed by atoms with van der Waals surface area (Å²) in [6.07, 6.45) is 1.77. The van der Waals surface area contributed by atoms with Gasteiger partial charge in [0.1, 0.15) is 5.82 Å². The molecule has 1 aromatic rings. The zero-order valence-electron chi connectivity index (χ0n) is 13.2. The summed E-state index contributed by atoms with van der Waals surface area (Å²) < 4.78 is 0. The second-order valence-corrected chi connectivity index (χ2v) is 5.90. The third kappa shape index (κ3) is 4.51. The van der Waals surface area contributed by atoms with Crippen LogP contribution in [0.1, 0.15) is 57.1 Å². The minimum atomic E-state index is -0.890. The molecular formula is C16H26N2O2. The van der Waals surface area contributed by atoms with Gasteiger partial charge in [-0.15, -0.1) is 0 Å². The van der Waals surface area contributed by atoms with Crippen LogP contribution in [-0.2, 0) is 6.42 Å². The van der Waals surface area contributed by atoms with E-state index in [-0.39, 0.29) is 0 Å². The molecule has 1 aromatic heterocycles. The minimum Gasteiger partial charge on any atom is -0.478 e. The molecule has 0 aliphatic rings. The largest absolute Gasteiger partial charge is 0.478 e. The summed E-state index contributed by atoms with van der Waals surface area (Å²) in [6.45, 7) is 11.5. The van der Waals surface area contributed by atoms with Gasteiger partial charge in [-0.2, -0.15) is 0 Å². The van der Waals surface area contributed by atoms with E-state index in [9.17, 15) is 9.90 Å². The van der Waals surface area contributed by atoms with Gasteiger partial charge in [0.2, 0.25) is 0 Å². The van der Waals surface area contributed by atoms with E-state index in [1.165, 1.54) is 0 Å². The van der Waals surface area contributed by atoms with Crippen molar-refractivity contribution in [1.29, 1.82) is 0 Å². The second-order valence-electron chi connectivity index (χ2n) is 5.90. The highest BCUT2D eigenvalue weighted by Crippen LogP contribution is 2.20. The summed E-state index contributed by atoms with van der Waals surface area (Å²) in [4.78, 5) is 18.1. The van der Waals surface area contributed by atoms with Gasteiger partial charge in [-0.05, 0) is 38.3 Å². The number of pyridine rings is 1. The molecule has 20 heavy (non-hydrogen) atoms. The number of carbonyl (C=O) groups is 1. The van der Waals surface area contributed by atoms with Gasteiger partial charge in [0, 0.05) is 18.3 Å². The molecule has 1 heterocycles. The van der Waals surface area contributed by atoms with E-state index in [4.69, 9.17) is 0 Å². The van der Waals surface area contributed by atoms with Crippen molar-refractivity contribution >= 4 is 11.8 Å². The maximum absolute atomic E-state index is 11.3. The molecule has 1 N–H and O–H groups in total. The fraction of sp³-hybridized carbons (Fsp3) is 0.625. The number of aromatic carboxylic acids is 1. The molecule has 4 heteroatoms. The summed E-state index contributed by atoms with van der Waals surface area (Å²) >= 11 is 0. The normalized spacial score (nSPS) is 11.2. The minimum absolute atomic E-state index is 0.295. The summed E-state index contributed by atoms with van der Waals surface area (Å²) in [5, 5.41) is 9.26. The lowest BCUT2D eigenvalue weighted by molar-refractivity contribution is 0.0696. The molecule has 0 aliphatic carbocycles. The Morgan fingerprint density at radius 3 is 2.40 bits per heavy atom. The van der Waals surface area contributed by atoms with Crippen LogP contribution in [0, 0.1) is 5.92 Å². The van der Waals surface area contributed by atoms with Crippen LogP contribution in [0.5, 0.6) is 0 Å². The van der Waals surface area contributed by atoms with Crippen molar-refractivity contribution in [3.63, 3.8) is 0 Å². The zero-order chi connectivity index (χ0) is 15.3. The molecule has 0 fully saturated rings. The molecule has 0 saturated heterocycles. The number of hydrogen-bond donors (Lipinski definition) is 1. The van der Waals surface area contributed by atoms with Crippen LogP contribution >= 0.6 is 0 Å². The van der Waals surface area contributed by atoms with E-state index in [1.54, 1.807) is 12.1 Å². The molecule has 0 atom stereocenters. The molecule has 0 aliphatic heterocycles. The predicted molar refractivity (Wildman–Crippen MR) is 82.5 cm³/mol. The van der Waals surface area contributed by atoms with E-state index >= 15 is 0 Å². The van der Waals surface area contributed by atoms with Gasteiger partial charge in [-0.3, -0.25) is 0 Å². The molecule has 0 unspecified atom stereocenters. The van der Waals surface area contributed by atoms with Crippen molar-refractivity contribution in [2.24, 2.45) is 5.92 Å². The molecule has 112 valence electrons. The summed E-state index contributed by atoms with van der Waals surface area (Å²) in [7, 11) is 0. The Kier molecular flexibility index (Phi) is 5.99. The molecule has 1 rings (SSSR count). The van der Waals surface area contributed by atoms with Gasteiger partial charge in [-0.25, -0.2) is 9.78 Å². The van der Waals surface area contributed by atoms with E-state index in [0.717, 1.165) is 30.9 Å². The lowest BCUT2D eigenvalue weighted by Crippen LogP contribution is -2.35. The van der Waals surface area contributed by atoms with Crippen LogP contribution in [0.3, 0.4) is 0 Å². The number of anilines is 1. The van der Waals surface area contributed by atoms with Crippen molar-refractivity contribution in [2.75, 3.05) is 11.4 Å². The SMILES string of the molecule is CCCc1cc(C(=O)O)cc(N(CC(C)C)C(C)C)n1. The van der Waals surface area contributed by atoms with Gasteiger partial charge >= 0.3 is 5.97 Å². The van der Waals surface area contributed by atoms with Crippen LogP contribution < -0.4 is 4.90 Å². The molecule has 0 aromatic carbocycles. The van der Waals surface area contributed by atoms with Crippen molar-refractivity contribution in [3.05, 3.63) is 23.4 Å². The first-order chi connectivity index (χ1) is 9.35. The monoisotopic (exact) mass is 278 g/mol. The lowest BCUT2D eigenvalue weighted by Gasteiger charge is -2.30. The summed E-state index contributed by atoms with van der Waals surface area (Å²) in [5.41, 5.74) is 1.18. The molecule has 4 nitrogen and oxygen atoms in total. The molecule has 0 amide bonds. The molecular weight excluding hydrogens is 252 g/mol. The Labute approximate surface area is 121 Å². The first-order valence-electron chi connectivity index (χ1n) is 7.36. The first-order valence-corrected chi connectivity index (χ1v) is 7.36. The Bertz CT molecular complexity index is 456. The number of hydrogen-bond acceptors (Lipinski definition) is 3. The van der Waals surface area contributed by atoms with E-state index in [1.807, 2.05) is 0 Å². The Hall–Kier alpha value is -1.58. The molecule has 0 spiro atoms. The highest BCUT2D eigenvalue weighted by Gasteiger charge is 2.17. The number of rotatable bonds is 7. The zero-order valence-corrected chi connectivity index (χ0v) is 13.2. The van der Waals surface area contributed by atoms with Crippen LogP contribution in [0.25, 0.3) is 0 Å². The van der Waals surface area contributed by atoms with Crippen molar-refractivity contribution < 1.29 is 9.90 Å². The van der Waals surface area contributed by atoms with E-state index < -0.39 is 5.97 Å². The third-order valence-electron chi connectivity index (χ3n) is 3.10. The Balaban J connectivity index is 3.21. The van der Waals surface area contributed by atoms with Gasteiger partial charge in [0.05, 0.1) is 5.56 Å². The third-order valence-corrected chi connectivity index (χ3v) is 3.10. The number of nitrogens with zero attached hydrogens (tertiary/aromatic N) is 2. The van der Waals surface area contributed by atoms with Gasteiger partial charge in [0.25, 0.3) is 0 Å². The van der Waals surface area contributed by atoms with Crippen LogP contribution in [0.15, 0.2) is 12.1 Å². The van der Waals surface area contributed by atoms with Crippen LogP contribution in [0.4, 0.5) is 5.82 Å². The quantitative estimate of drug-likeness (QED) is 0.828. The first kappa shape index (κ1) is 16.5. The smallest absolute Gasteiger partial charge is 0.335 e. The Morgan fingerprint density at radius 2 is 1.95 bits per heavy atom. The van der Waals surface area contributed by atoms with Crippen molar-refractivity contribution in [3.8, 4) is 0 Å². The van der Waals surface area contributed by atoms with Gasteiger partial charge in [-0.1, -0.05) is 27.2 Å². The van der Waals surface area contributed by atoms with E-state index in [2.05, 4.69) is 44.5 Å². The maximum Gasteiger partial charge on any atom is 0.335 e. The number of aryl methyl sites for hydroxylation is 1. The fourth-order valence-corrected chi connectivity index (χ4v) is 2.19. The molecule has 0 saturated carbocycles. The van der Waals surface area contributed by atoms with Gasteiger partial charge in [0.15, 0.2) is 0 Å². The molecule has 0 radical (unpaired) electrons. The van der Waals surface area contributed by atoms with Crippen molar-refractivity contribution in [2.45, 2.75) is 53.5 Å². The van der Waals surface area contributed by atoms with Crippen LogP contribution in [0.2, 0.25) is 0 Å². The second kappa shape index (κ2) is 7.27. The topological polar surface area (TPSA) is 53.4 Å². The highest BCUT2D eigenvalue weighted by molar-refractivity contribution is 5.88. The standard InChI is InChI=1S/C16H26N2O2/c1-6-7-14-8-13(16(19)20)9-15(17-14)18(12(4)5)10-11(2)3/h8-9,11-12H,6-7,10H2,1-5H3,(H,19,20). The predicted octanol–water partition coefficient (Wildman–Crippen LogP) is 3.60. The average molecular weight is 278 g/mol. The summed E-state index contributed by atoms with van der Waals surface area (Å²) in [6, 6.07) is 3.66. The van der Waals surface area contributed by atoms with Gasteiger partial charge < -0.3 is 10.0 Å². The summed E-state index contributed by atoms with van der Waals surface area (Å²) in [5.74, 6) is 0.388. The number of aromatic nitrogens is 1. The number of carboxylic acids is 1. The number of carboxylic acid groups (broad SMARTS) is 1. The lowest BCUT2D eigenvalue weighted by atomic mass is 10.1. The highest BCUT2D eigenvalue weighted by atomic mass is 16.4. The maximum atomic E-state index is 11.3. The Morgan fingerprint density at radius 1 is 1.30 bits per heavy atom.